The number of benzene rings is 1. The summed E-state index contributed by atoms with van der Waals surface area (Å²) in [7, 11) is 4.59. The quantitative estimate of drug-likeness (QED) is 0.757. The molecule has 1 aromatic heterocycles. The zero-order valence-electron chi connectivity index (χ0n) is 15.7. The first-order chi connectivity index (χ1) is 12.9. The van der Waals surface area contributed by atoms with Crippen LogP contribution >= 0.6 is 0 Å². The molecule has 1 aromatic carbocycles. The Morgan fingerprint density at radius 1 is 1.07 bits per heavy atom. The van der Waals surface area contributed by atoms with Gasteiger partial charge in [-0.1, -0.05) is 0 Å². The topological polar surface area (TPSA) is 98.2 Å². The second kappa shape index (κ2) is 9.00. The van der Waals surface area contributed by atoms with Gasteiger partial charge in [0.05, 0.1) is 32.1 Å². The molecule has 0 atom stereocenters. The summed E-state index contributed by atoms with van der Waals surface area (Å²) in [5, 5.41) is 9.13. The summed E-state index contributed by atoms with van der Waals surface area (Å²) >= 11 is 0. The van der Waals surface area contributed by atoms with Crippen molar-refractivity contribution in [3.8, 4) is 11.5 Å². The van der Waals surface area contributed by atoms with Gasteiger partial charge >= 0.3 is 5.97 Å². The summed E-state index contributed by atoms with van der Waals surface area (Å²) in [6.07, 6.45) is 0. The molecule has 0 fully saturated rings. The molecule has 8 heteroatoms. The third-order valence-electron chi connectivity index (χ3n) is 3.98. The lowest BCUT2D eigenvalue weighted by Gasteiger charge is -2.23. The molecule has 8 nitrogen and oxygen atoms in total. The number of aromatic carboxylic acids is 1. The lowest BCUT2D eigenvalue weighted by molar-refractivity contribution is 0.0695. The number of carbonyl (C=O) groups excluding carboxylic acids is 1. The summed E-state index contributed by atoms with van der Waals surface area (Å²) in [5.41, 5.74) is 1.05. The average molecular weight is 374 g/mol. The number of aryl methyl sites for hydroxylation is 1. The molecule has 0 unspecified atom stereocenters. The molecule has 1 N–H and O–H groups in total. The number of hydrogen-bond donors (Lipinski definition) is 1. The Morgan fingerprint density at radius 2 is 1.78 bits per heavy atom. The highest BCUT2D eigenvalue weighted by Crippen LogP contribution is 2.32. The van der Waals surface area contributed by atoms with E-state index < -0.39 is 5.97 Å². The molecule has 0 saturated carbocycles. The number of carbonyl (C=O) groups is 2. The molecule has 0 saturated heterocycles. The normalized spacial score (nSPS) is 10.4. The van der Waals surface area contributed by atoms with Crippen molar-refractivity contribution in [2.24, 2.45) is 0 Å². The van der Waals surface area contributed by atoms with Gasteiger partial charge in [-0.2, -0.15) is 0 Å². The maximum atomic E-state index is 13.0. The minimum Gasteiger partial charge on any atom is -0.493 e. The molecule has 144 valence electrons. The fraction of sp³-hybridized carbons (Fsp3) is 0.316. The Bertz CT molecular complexity index is 837. The number of amides is 1. The van der Waals surface area contributed by atoms with Crippen LogP contribution in [0.15, 0.2) is 30.3 Å². The van der Waals surface area contributed by atoms with Gasteiger partial charge in [-0.3, -0.25) is 4.79 Å². The van der Waals surface area contributed by atoms with Crippen molar-refractivity contribution in [2.45, 2.75) is 6.92 Å². The first-order valence-electron chi connectivity index (χ1n) is 8.16. The number of rotatable bonds is 8. The van der Waals surface area contributed by atoms with E-state index in [0.29, 0.717) is 23.8 Å². The first-order valence-corrected chi connectivity index (χ1v) is 8.16. The second-order valence-electron chi connectivity index (χ2n) is 5.62. The highest BCUT2D eigenvalue weighted by Gasteiger charge is 2.22. The van der Waals surface area contributed by atoms with E-state index in [1.807, 2.05) is 0 Å². The van der Waals surface area contributed by atoms with E-state index in [-0.39, 0.29) is 29.4 Å². The van der Waals surface area contributed by atoms with Gasteiger partial charge in [-0.25, -0.2) is 9.78 Å². The lowest BCUT2D eigenvalue weighted by Crippen LogP contribution is -2.34. The molecule has 2 aromatic rings. The van der Waals surface area contributed by atoms with E-state index in [1.54, 1.807) is 32.2 Å². The van der Waals surface area contributed by atoms with Gasteiger partial charge in [0.2, 0.25) is 0 Å². The molecular weight excluding hydrogens is 352 g/mol. The van der Waals surface area contributed by atoms with Gasteiger partial charge in [0, 0.05) is 25.4 Å². The summed E-state index contributed by atoms with van der Waals surface area (Å²) in [4.78, 5) is 29.8. The number of methoxy groups -OCH3 is 3. The summed E-state index contributed by atoms with van der Waals surface area (Å²) in [6.45, 7) is 2.15. The van der Waals surface area contributed by atoms with E-state index in [1.165, 1.54) is 31.3 Å². The van der Waals surface area contributed by atoms with Gasteiger partial charge in [0.25, 0.3) is 5.91 Å². The number of anilines is 1. The molecule has 1 heterocycles. The predicted octanol–water partition coefficient (Wildman–Crippen LogP) is 2.40. The summed E-state index contributed by atoms with van der Waals surface area (Å²) in [5.74, 6) is -0.440. The second-order valence-corrected chi connectivity index (χ2v) is 5.62. The van der Waals surface area contributed by atoms with Crippen LogP contribution in [0.3, 0.4) is 0 Å². The van der Waals surface area contributed by atoms with Crippen LogP contribution in [-0.2, 0) is 4.74 Å². The Balaban J connectivity index is 2.42. The van der Waals surface area contributed by atoms with Crippen molar-refractivity contribution in [1.29, 1.82) is 0 Å². The number of carboxylic acid groups (broad SMARTS) is 1. The fourth-order valence-corrected chi connectivity index (χ4v) is 2.57. The van der Waals surface area contributed by atoms with Crippen molar-refractivity contribution in [2.75, 3.05) is 39.4 Å². The van der Waals surface area contributed by atoms with Crippen LogP contribution in [0.25, 0.3) is 0 Å². The van der Waals surface area contributed by atoms with Crippen LogP contribution in [0.2, 0.25) is 0 Å². The molecular formula is C19H22N2O6. The van der Waals surface area contributed by atoms with Gasteiger partial charge in [-0.15, -0.1) is 0 Å². The molecule has 0 aliphatic rings. The zero-order chi connectivity index (χ0) is 20.0. The zero-order valence-corrected chi connectivity index (χ0v) is 15.7. The molecule has 0 aliphatic heterocycles. The molecule has 0 bridgehead atoms. The van der Waals surface area contributed by atoms with Crippen molar-refractivity contribution >= 4 is 17.6 Å². The number of aromatic nitrogens is 1. The molecule has 0 radical (unpaired) electrons. The maximum Gasteiger partial charge on any atom is 0.337 e. The Hall–Kier alpha value is -3.13. The average Bonchev–Trinajstić information content (AvgIpc) is 2.67. The highest BCUT2D eigenvalue weighted by molar-refractivity contribution is 6.05. The molecule has 0 aliphatic carbocycles. The Morgan fingerprint density at radius 3 is 2.33 bits per heavy atom. The van der Waals surface area contributed by atoms with E-state index in [2.05, 4.69) is 4.98 Å². The lowest BCUT2D eigenvalue weighted by atomic mass is 10.1. The monoisotopic (exact) mass is 374 g/mol. The number of nitrogens with zero attached hydrogens (tertiary/aromatic N) is 2. The van der Waals surface area contributed by atoms with Crippen LogP contribution in [-0.4, -0.2) is 56.4 Å². The standard InChI is InChI=1S/C19H22N2O6/c1-12-14(19(23)24)6-7-15(20-12)18(22)21(9-10-25-2)13-5-8-16(26-3)17(11-13)27-4/h5-8,11H,9-10H2,1-4H3,(H,23,24). The molecule has 27 heavy (non-hydrogen) atoms. The molecule has 1 amide bonds. The number of ether oxygens (including phenoxy) is 3. The third-order valence-corrected chi connectivity index (χ3v) is 3.98. The minimum absolute atomic E-state index is 0.0566. The number of pyridine rings is 1. The van der Waals surface area contributed by atoms with Crippen molar-refractivity contribution in [3.05, 3.63) is 47.3 Å². The molecule has 0 spiro atoms. The van der Waals surface area contributed by atoms with Crippen LogP contribution in [0.4, 0.5) is 5.69 Å². The first kappa shape index (κ1) is 20.2. The smallest absolute Gasteiger partial charge is 0.337 e. The summed E-state index contributed by atoms with van der Waals surface area (Å²) in [6, 6.07) is 7.89. The maximum absolute atomic E-state index is 13.0. The van der Waals surface area contributed by atoms with E-state index in [0.717, 1.165) is 0 Å². The van der Waals surface area contributed by atoms with Crippen LogP contribution in [0.5, 0.6) is 11.5 Å². The van der Waals surface area contributed by atoms with Crippen LogP contribution < -0.4 is 14.4 Å². The van der Waals surface area contributed by atoms with Gasteiger partial charge < -0.3 is 24.2 Å². The van der Waals surface area contributed by atoms with Crippen molar-refractivity contribution in [1.82, 2.24) is 4.98 Å². The fourth-order valence-electron chi connectivity index (χ4n) is 2.57. The highest BCUT2D eigenvalue weighted by atomic mass is 16.5. The largest absolute Gasteiger partial charge is 0.493 e. The predicted molar refractivity (Wildman–Crippen MR) is 99.0 cm³/mol. The van der Waals surface area contributed by atoms with E-state index in [9.17, 15) is 9.59 Å². The Labute approximate surface area is 157 Å². The number of hydrogen-bond acceptors (Lipinski definition) is 6. The van der Waals surface area contributed by atoms with Crippen molar-refractivity contribution in [3.63, 3.8) is 0 Å². The number of carboxylic acids is 1. The van der Waals surface area contributed by atoms with E-state index >= 15 is 0 Å². The molecule has 2 rings (SSSR count). The summed E-state index contributed by atoms with van der Waals surface area (Å²) < 4.78 is 15.6. The Kier molecular flexibility index (Phi) is 6.73. The third kappa shape index (κ3) is 4.53. The van der Waals surface area contributed by atoms with Crippen LogP contribution in [0, 0.1) is 6.92 Å². The van der Waals surface area contributed by atoms with Gasteiger partial charge in [0.15, 0.2) is 11.5 Å². The minimum atomic E-state index is -1.09. The van der Waals surface area contributed by atoms with Crippen LogP contribution in [0.1, 0.15) is 26.5 Å². The van der Waals surface area contributed by atoms with E-state index in [4.69, 9.17) is 19.3 Å². The van der Waals surface area contributed by atoms with Gasteiger partial charge in [-0.05, 0) is 31.2 Å². The SMILES string of the molecule is COCCN(C(=O)c1ccc(C(=O)O)c(C)n1)c1ccc(OC)c(OC)c1. The van der Waals surface area contributed by atoms with Crippen molar-refractivity contribution < 1.29 is 28.9 Å². The van der Waals surface area contributed by atoms with Gasteiger partial charge in [0.1, 0.15) is 5.69 Å².